The first kappa shape index (κ1) is 26.3. The van der Waals surface area contributed by atoms with E-state index in [0.29, 0.717) is 31.1 Å². The Labute approximate surface area is 241 Å². The molecule has 2 N–H and O–H groups in total. The molecular weight excluding hydrogens is 568 g/mol. The highest BCUT2D eigenvalue weighted by molar-refractivity contribution is 9.10. The standard InChI is InChI=1S/C33H29BrN2O4/c34-24-14-10-22(11-15-24)20-33(21-40-31(36-33)23-12-16-25(17-13-23)39-19-5-18-37)32(38)35-30-28-8-3-1-6-26(28)27-7-2-4-9-29(27)30/h1-4,6-17,30,37H,5,18-21H2,(H,35,38)/t33-/m1/s1. The Kier molecular flexibility index (Phi) is 7.41. The van der Waals surface area contributed by atoms with Crippen molar-refractivity contribution >= 4 is 27.7 Å². The first-order chi connectivity index (χ1) is 19.6. The number of amides is 1. The van der Waals surface area contributed by atoms with Crippen molar-refractivity contribution < 1.29 is 19.4 Å². The van der Waals surface area contributed by atoms with Gasteiger partial charge in [-0.2, -0.15) is 0 Å². The SMILES string of the molecule is O=C(NC1c2ccccc2-c2ccccc21)[C@@]1(Cc2ccc(Br)cc2)COC(c2ccc(OCCCO)cc2)=N1. The highest BCUT2D eigenvalue weighted by Gasteiger charge is 2.46. The molecule has 0 aromatic heterocycles. The minimum atomic E-state index is -1.13. The molecule has 1 atom stereocenters. The van der Waals surface area contributed by atoms with Crippen molar-refractivity contribution in [3.8, 4) is 16.9 Å². The predicted molar refractivity (Wildman–Crippen MR) is 159 cm³/mol. The van der Waals surface area contributed by atoms with E-state index in [4.69, 9.17) is 19.6 Å². The molecule has 4 aromatic rings. The zero-order valence-corrected chi connectivity index (χ0v) is 23.4. The van der Waals surface area contributed by atoms with Crippen LogP contribution in [0.1, 0.15) is 34.7 Å². The van der Waals surface area contributed by atoms with Gasteiger partial charge >= 0.3 is 0 Å². The number of benzene rings is 4. The maximum absolute atomic E-state index is 14.2. The van der Waals surface area contributed by atoms with Gasteiger partial charge in [0.1, 0.15) is 12.4 Å². The summed E-state index contributed by atoms with van der Waals surface area (Å²) in [4.78, 5) is 19.2. The summed E-state index contributed by atoms with van der Waals surface area (Å²) < 4.78 is 12.7. The number of ether oxygens (including phenoxy) is 2. The molecule has 40 heavy (non-hydrogen) atoms. The maximum atomic E-state index is 14.2. The molecule has 6 rings (SSSR count). The van der Waals surface area contributed by atoms with Gasteiger partial charge in [0.15, 0.2) is 5.54 Å². The highest BCUT2D eigenvalue weighted by atomic mass is 79.9. The van der Waals surface area contributed by atoms with E-state index >= 15 is 0 Å². The Morgan fingerprint density at radius 3 is 2.25 bits per heavy atom. The lowest BCUT2D eigenvalue weighted by Gasteiger charge is -2.26. The van der Waals surface area contributed by atoms with Crippen LogP contribution in [0.3, 0.4) is 0 Å². The quantitative estimate of drug-likeness (QED) is 0.237. The normalized spacial score (nSPS) is 17.5. The van der Waals surface area contributed by atoms with Crippen molar-refractivity contribution in [2.75, 3.05) is 19.8 Å². The Bertz CT molecular complexity index is 1510. The van der Waals surface area contributed by atoms with Crippen molar-refractivity contribution in [1.29, 1.82) is 0 Å². The topological polar surface area (TPSA) is 80.2 Å². The molecule has 1 aliphatic carbocycles. The molecule has 1 aliphatic heterocycles. The molecule has 0 fully saturated rings. The van der Waals surface area contributed by atoms with Crippen molar-refractivity contribution in [2.24, 2.45) is 4.99 Å². The lowest BCUT2D eigenvalue weighted by atomic mass is 9.90. The molecule has 1 heterocycles. The van der Waals surface area contributed by atoms with Crippen LogP contribution >= 0.6 is 15.9 Å². The minimum absolute atomic E-state index is 0.0866. The van der Waals surface area contributed by atoms with Crippen LogP contribution in [-0.4, -0.2) is 42.3 Å². The second kappa shape index (κ2) is 11.3. The molecule has 0 saturated heterocycles. The third-order valence-corrected chi connectivity index (χ3v) is 7.91. The fraction of sp³-hybridized carbons (Fsp3) is 0.212. The van der Waals surface area contributed by atoms with Gasteiger partial charge in [0.2, 0.25) is 5.90 Å². The molecule has 0 unspecified atom stereocenters. The molecule has 1 amide bonds. The molecule has 6 nitrogen and oxygen atoms in total. The van der Waals surface area contributed by atoms with Crippen molar-refractivity contribution in [1.82, 2.24) is 5.32 Å². The van der Waals surface area contributed by atoms with Crippen LogP contribution in [0.2, 0.25) is 0 Å². The van der Waals surface area contributed by atoms with Crippen molar-refractivity contribution in [3.05, 3.63) is 124 Å². The van der Waals surface area contributed by atoms with Crippen LogP contribution in [0.15, 0.2) is 107 Å². The molecule has 202 valence electrons. The summed E-state index contributed by atoms with van der Waals surface area (Å²) in [6, 6.07) is 31.6. The third-order valence-electron chi connectivity index (χ3n) is 7.38. The van der Waals surface area contributed by atoms with Gasteiger partial charge in [-0.25, -0.2) is 4.99 Å². The number of rotatable bonds is 9. The molecule has 2 aliphatic rings. The van der Waals surface area contributed by atoms with E-state index in [1.165, 1.54) is 0 Å². The zero-order valence-electron chi connectivity index (χ0n) is 21.8. The number of fused-ring (bicyclic) bond motifs is 3. The van der Waals surface area contributed by atoms with Crippen molar-refractivity contribution in [3.63, 3.8) is 0 Å². The monoisotopic (exact) mass is 596 g/mol. The average Bonchev–Trinajstić information content (AvgIpc) is 3.56. The Hall–Kier alpha value is -3.94. The number of nitrogens with zero attached hydrogens (tertiary/aromatic N) is 1. The maximum Gasteiger partial charge on any atom is 0.252 e. The Balaban J connectivity index is 1.32. The molecule has 0 saturated carbocycles. The molecule has 4 aromatic carbocycles. The van der Waals surface area contributed by atoms with Gasteiger partial charge in [-0.05, 0) is 64.2 Å². The number of aliphatic hydroxyl groups is 1. The van der Waals surface area contributed by atoms with E-state index in [1.54, 1.807) is 0 Å². The van der Waals surface area contributed by atoms with Gasteiger partial charge in [0.25, 0.3) is 5.91 Å². The van der Waals surface area contributed by atoms with E-state index in [0.717, 1.165) is 37.9 Å². The second-order valence-electron chi connectivity index (χ2n) is 10.1. The summed E-state index contributed by atoms with van der Waals surface area (Å²) in [5, 5.41) is 12.3. The largest absolute Gasteiger partial charge is 0.494 e. The number of aliphatic imine (C=N–C) groups is 1. The van der Waals surface area contributed by atoms with Gasteiger partial charge in [-0.1, -0.05) is 76.6 Å². The number of halogens is 1. The number of nitrogens with one attached hydrogen (secondary N) is 1. The predicted octanol–water partition coefficient (Wildman–Crippen LogP) is 5.85. The Morgan fingerprint density at radius 1 is 0.950 bits per heavy atom. The summed E-state index contributed by atoms with van der Waals surface area (Å²) in [5.41, 5.74) is 5.07. The van der Waals surface area contributed by atoms with Gasteiger partial charge < -0.3 is 19.9 Å². The second-order valence-corrected chi connectivity index (χ2v) is 11.0. The number of carbonyl (C=O) groups excluding carboxylic acids is 1. The third kappa shape index (κ3) is 5.15. The lowest BCUT2D eigenvalue weighted by Crippen LogP contribution is -2.49. The summed E-state index contributed by atoms with van der Waals surface area (Å²) in [6.07, 6.45) is 0.967. The van der Waals surface area contributed by atoms with Crippen molar-refractivity contribution in [2.45, 2.75) is 24.4 Å². The highest BCUT2D eigenvalue weighted by Crippen LogP contribution is 2.43. The summed E-state index contributed by atoms with van der Waals surface area (Å²) in [6.45, 7) is 0.662. The van der Waals surface area contributed by atoms with E-state index in [2.05, 4.69) is 45.5 Å². The number of hydrogen-bond acceptors (Lipinski definition) is 5. The summed E-state index contributed by atoms with van der Waals surface area (Å²) in [5.74, 6) is 0.959. The smallest absolute Gasteiger partial charge is 0.252 e. The first-order valence-electron chi connectivity index (χ1n) is 13.4. The average molecular weight is 598 g/mol. The van der Waals surface area contributed by atoms with E-state index in [9.17, 15) is 4.79 Å². The fourth-order valence-corrected chi connectivity index (χ4v) is 5.61. The molecule has 0 radical (unpaired) electrons. The lowest BCUT2D eigenvalue weighted by molar-refractivity contribution is -0.127. The molecule has 0 spiro atoms. The van der Waals surface area contributed by atoms with E-state index in [1.807, 2.05) is 72.8 Å². The van der Waals surface area contributed by atoms with Gasteiger partial charge in [0, 0.05) is 29.5 Å². The Morgan fingerprint density at radius 2 is 1.60 bits per heavy atom. The molecule has 7 heteroatoms. The fourth-order valence-electron chi connectivity index (χ4n) is 5.35. The van der Waals surface area contributed by atoms with E-state index < -0.39 is 5.54 Å². The van der Waals surface area contributed by atoms with Crippen LogP contribution in [0.25, 0.3) is 11.1 Å². The summed E-state index contributed by atoms with van der Waals surface area (Å²) >= 11 is 3.50. The van der Waals surface area contributed by atoms with Gasteiger partial charge in [-0.15, -0.1) is 0 Å². The van der Waals surface area contributed by atoms with Gasteiger partial charge in [0.05, 0.1) is 12.6 Å². The number of hydrogen-bond donors (Lipinski definition) is 2. The molecular formula is C33H29BrN2O4. The van der Waals surface area contributed by atoms with Crippen LogP contribution in [0.5, 0.6) is 5.75 Å². The van der Waals surface area contributed by atoms with Gasteiger partial charge in [-0.3, -0.25) is 4.79 Å². The van der Waals surface area contributed by atoms with Crippen LogP contribution < -0.4 is 10.1 Å². The van der Waals surface area contributed by atoms with Crippen LogP contribution in [0, 0.1) is 0 Å². The number of aliphatic hydroxyl groups excluding tert-OH is 1. The van der Waals surface area contributed by atoms with E-state index in [-0.39, 0.29) is 25.2 Å². The first-order valence-corrected chi connectivity index (χ1v) is 14.2. The zero-order chi connectivity index (χ0) is 27.5. The molecule has 0 bridgehead atoms. The summed E-state index contributed by atoms with van der Waals surface area (Å²) in [7, 11) is 0. The van der Waals surface area contributed by atoms with Crippen LogP contribution in [-0.2, 0) is 16.0 Å². The van der Waals surface area contributed by atoms with Crippen LogP contribution in [0.4, 0.5) is 0 Å². The number of carbonyl (C=O) groups is 1. The minimum Gasteiger partial charge on any atom is -0.494 e.